The molecule has 0 unspecified atom stereocenters. The first-order valence-corrected chi connectivity index (χ1v) is 11.6. The fraction of sp³-hybridized carbons (Fsp3) is 0.0769. The number of hydrogen-bond donors (Lipinski definition) is 1. The Morgan fingerprint density at radius 3 is 2.53 bits per heavy atom. The molecule has 0 fully saturated rings. The fourth-order valence-corrected chi connectivity index (χ4v) is 4.78. The largest absolute Gasteiger partial charge is 0.355 e. The summed E-state index contributed by atoms with van der Waals surface area (Å²) in [5, 5.41) is 1.36. The Morgan fingerprint density at radius 1 is 1.00 bits per heavy atom. The molecule has 0 bridgehead atoms. The Kier molecular flexibility index (Phi) is 5.60. The molecule has 0 spiro atoms. The van der Waals surface area contributed by atoms with E-state index in [2.05, 4.69) is 4.98 Å². The van der Waals surface area contributed by atoms with Crippen LogP contribution in [-0.4, -0.2) is 14.5 Å². The summed E-state index contributed by atoms with van der Waals surface area (Å²) in [6, 6.07) is 25.7. The summed E-state index contributed by atoms with van der Waals surface area (Å²) in [5.41, 5.74) is 6.02. The van der Waals surface area contributed by atoms with Gasteiger partial charge in [0.2, 0.25) is 0 Å². The van der Waals surface area contributed by atoms with E-state index >= 15 is 0 Å². The molecule has 3 aromatic carbocycles. The highest BCUT2D eigenvalue weighted by molar-refractivity contribution is 7.98. The van der Waals surface area contributed by atoms with E-state index in [-0.39, 0.29) is 5.56 Å². The molecule has 2 aromatic heterocycles. The summed E-state index contributed by atoms with van der Waals surface area (Å²) in [7, 11) is 0. The monoisotopic (exact) mass is 457 g/mol. The van der Waals surface area contributed by atoms with Crippen LogP contribution in [0.2, 0.25) is 5.02 Å². The molecule has 0 aliphatic rings. The van der Waals surface area contributed by atoms with Gasteiger partial charge in [0.1, 0.15) is 11.0 Å². The molecule has 6 heteroatoms. The van der Waals surface area contributed by atoms with Crippen LogP contribution in [-0.2, 0) is 5.75 Å². The lowest BCUT2D eigenvalue weighted by Gasteiger charge is -2.13. The predicted molar refractivity (Wildman–Crippen MR) is 133 cm³/mol. The summed E-state index contributed by atoms with van der Waals surface area (Å²) in [5.74, 6) is 0.673. The molecule has 0 radical (unpaired) electrons. The van der Waals surface area contributed by atoms with E-state index in [1.54, 1.807) is 4.57 Å². The maximum absolute atomic E-state index is 13.6. The van der Waals surface area contributed by atoms with Crippen molar-refractivity contribution in [2.75, 3.05) is 0 Å². The Hall–Kier alpha value is -3.28. The normalized spacial score (nSPS) is 11.2. The number of fused-ring (bicyclic) bond motifs is 1. The number of rotatable bonds is 5. The lowest BCUT2D eigenvalue weighted by atomic mass is 10.1. The molecule has 0 aliphatic heterocycles. The number of aromatic amines is 1. The van der Waals surface area contributed by atoms with Crippen LogP contribution in [0.1, 0.15) is 11.1 Å². The molecular formula is C26H20ClN3OS. The molecule has 0 saturated carbocycles. The molecule has 4 nitrogen and oxygen atoms in total. The van der Waals surface area contributed by atoms with Gasteiger partial charge in [-0.3, -0.25) is 9.36 Å². The van der Waals surface area contributed by atoms with Crippen molar-refractivity contribution in [3.05, 3.63) is 112 Å². The van der Waals surface area contributed by atoms with E-state index in [9.17, 15) is 4.79 Å². The van der Waals surface area contributed by atoms with E-state index < -0.39 is 0 Å². The predicted octanol–water partition coefficient (Wildman–Crippen LogP) is 6.63. The second-order valence-electron chi connectivity index (χ2n) is 7.58. The van der Waals surface area contributed by atoms with Gasteiger partial charge in [0.15, 0.2) is 5.16 Å². The van der Waals surface area contributed by atoms with E-state index in [0.29, 0.717) is 27.0 Å². The van der Waals surface area contributed by atoms with Gasteiger partial charge in [-0.2, -0.15) is 0 Å². The molecule has 32 heavy (non-hydrogen) atoms. The zero-order chi connectivity index (χ0) is 22.1. The molecule has 2 heterocycles. The molecule has 0 aliphatic carbocycles. The van der Waals surface area contributed by atoms with Crippen molar-refractivity contribution in [1.29, 1.82) is 0 Å². The van der Waals surface area contributed by atoms with Gasteiger partial charge in [0.05, 0.1) is 5.69 Å². The Labute approximate surface area is 194 Å². The van der Waals surface area contributed by atoms with Gasteiger partial charge in [0, 0.05) is 22.5 Å². The first-order chi connectivity index (χ1) is 15.6. The minimum absolute atomic E-state index is 0.110. The van der Waals surface area contributed by atoms with Crippen molar-refractivity contribution in [3.63, 3.8) is 0 Å². The van der Waals surface area contributed by atoms with Crippen molar-refractivity contribution in [3.8, 4) is 16.8 Å². The Morgan fingerprint density at radius 2 is 1.78 bits per heavy atom. The third-order valence-corrected chi connectivity index (χ3v) is 6.56. The van der Waals surface area contributed by atoms with Gasteiger partial charge in [0.25, 0.3) is 5.56 Å². The average Bonchev–Trinajstić information content (AvgIpc) is 3.24. The zero-order valence-electron chi connectivity index (χ0n) is 17.4. The minimum atomic E-state index is -0.110. The summed E-state index contributed by atoms with van der Waals surface area (Å²) < 4.78 is 1.70. The van der Waals surface area contributed by atoms with Crippen molar-refractivity contribution in [2.45, 2.75) is 17.8 Å². The van der Waals surface area contributed by atoms with Gasteiger partial charge in [-0.05, 0) is 47.9 Å². The fourth-order valence-electron chi connectivity index (χ4n) is 3.70. The third-order valence-electron chi connectivity index (χ3n) is 5.29. The first kappa shape index (κ1) is 20.6. The van der Waals surface area contributed by atoms with Crippen molar-refractivity contribution >= 4 is 34.4 Å². The summed E-state index contributed by atoms with van der Waals surface area (Å²) in [6.45, 7) is 2.02. The van der Waals surface area contributed by atoms with Crippen LogP contribution in [0.3, 0.4) is 0 Å². The van der Waals surface area contributed by atoms with Crippen LogP contribution in [0.25, 0.3) is 27.8 Å². The number of halogens is 1. The van der Waals surface area contributed by atoms with E-state index in [1.807, 2.05) is 92.0 Å². The Bertz CT molecular complexity index is 1460. The average molecular weight is 458 g/mol. The van der Waals surface area contributed by atoms with E-state index in [1.165, 1.54) is 11.8 Å². The van der Waals surface area contributed by atoms with Gasteiger partial charge in [-0.15, -0.1) is 0 Å². The van der Waals surface area contributed by atoms with E-state index in [4.69, 9.17) is 16.6 Å². The zero-order valence-corrected chi connectivity index (χ0v) is 19.0. The van der Waals surface area contributed by atoms with Crippen molar-refractivity contribution in [2.24, 2.45) is 0 Å². The molecule has 5 aromatic rings. The SMILES string of the molecule is Cc1cccc(-n2c(SCc3ccc(Cl)cc3)nc3c(-c4ccccc4)c[nH]c3c2=O)c1. The quantitative estimate of drug-likeness (QED) is 0.238. The number of nitrogens with zero attached hydrogens (tertiary/aromatic N) is 2. The standard InChI is InChI=1S/C26H20ClN3OS/c1-17-6-5-9-21(14-17)30-25(31)24-23(22(15-28-24)19-7-3-2-4-8-19)29-26(30)32-16-18-10-12-20(27)13-11-18/h2-15,28H,16H2,1H3. The third kappa shape index (κ3) is 3.97. The minimum Gasteiger partial charge on any atom is -0.355 e. The molecule has 0 atom stereocenters. The number of thioether (sulfide) groups is 1. The summed E-state index contributed by atoms with van der Waals surface area (Å²) in [4.78, 5) is 21.8. The maximum atomic E-state index is 13.6. The number of aryl methyl sites for hydroxylation is 1. The number of H-pyrrole nitrogens is 1. The summed E-state index contributed by atoms with van der Waals surface area (Å²) in [6.07, 6.45) is 1.86. The van der Waals surface area contributed by atoms with E-state index in [0.717, 1.165) is 27.9 Å². The number of aromatic nitrogens is 3. The second kappa shape index (κ2) is 8.69. The highest BCUT2D eigenvalue weighted by Gasteiger charge is 2.18. The van der Waals surface area contributed by atoms with Crippen LogP contribution in [0.15, 0.2) is 95.0 Å². The van der Waals surface area contributed by atoms with Crippen LogP contribution >= 0.6 is 23.4 Å². The lowest BCUT2D eigenvalue weighted by Crippen LogP contribution is -2.22. The highest BCUT2D eigenvalue weighted by atomic mass is 35.5. The van der Waals surface area contributed by atoms with Gasteiger partial charge < -0.3 is 4.98 Å². The second-order valence-corrected chi connectivity index (χ2v) is 8.96. The first-order valence-electron chi connectivity index (χ1n) is 10.2. The van der Waals surface area contributed by atoms with Crippen molar-refractivity contribution < 1.29 is 0 Å². The molecule has 0 saturated heterocycles. The van der Waals surface area contributed by atoms with Gasteiger partial charge >= 0.3 is 0 Å². The molecular weight excluding hydrogens is 438 g/mol. The van der Waals surface area contributed by atoms with Gasteiger partial charge in [-0.25, -0.2) is 4.98 Å². The number of hydrogen-bond acceptors (Lipinski definition) is 3. The summed E-state index contributed by atoms with van der Waals surface area (Å²) >= 11 is 7.57. The van der Waals surface area contributed by atoms with Crippen LogP contribution in [0, 0.1) is 6.92 Å². The van der Waals surface area contributed by atoms with Crippen molar-refractivity contribution in [1.82, 2.24) is 14.5 Å². The highest BCUT2D eigenvalue weighted by Crippen LogP contribution is 2.30. The van der Waals surface area contributed by atoms with Gasteiger partial charge in [-0.1, -0.05) is 78.0 Å². The molecule has 1 N–H and O–H groups in total. The van der Waals surface area contributed by atoms with Crippen LogP contribution in [0.5, 0.6) is 0 Å². The Balaban J connectivity index is 1.67. The number of benzene rings is 3. The maximum Gasteiger partial charge on any atom is 0.283 e. The molecule has 158 valence electrons. The lowest BCUT2D eigenvalue weighted by molar-refractivity contribution is 0.817. The molecule has 5 rings (SSSR count). The van der Waals surface area contributed by atoms with Crippen LogP contribution < -0.4 is 5.56 Å². The van der Waals surface area contributed by atoms with Crippen LogP contribution in [0.4, 0.5) is 0 Å². The molecule has 0 amide bonds. The number of nitrogens with one attached hydrogen (secondary N) is 1. The topological polar surface area (TPSA) is 50.7 Å². The smallest absolute Gasteiger partial charge is 0.283 e.